The fraction of sp³-hybridized carbons (Fsp3) is 0.650. The molecule has 0 radical (unpaired) electrons. The molecule has 2 unspecified atom stereocenters. The van der Waals surface area contributed by atoms with Gasteiger partial charge in [-0.2, -0.15) is 0 Å². The van der Waals surface area contributed by atoms with Crippen LogP contribution in [-0.2, 0) is 9.53 Å². The maximum absolute atomic E-state index is 14.0. The zero-order valence-electron chi connectivity index (χ0n) is 15.1. The molecule has 2 atom stereocenters. The van der Waals surface area contributed by atoms with Crippen LogP contribution in [0.4, 0.5) is 4.39 Å². The first-order chi connectivity index (χ1) is 12.1. The maximum atomic E-state index is 14.0. The van der Waals surface area contributed by atoms with Crippen LogP contribution in [0.25, 0.3) is 0 Å². The van der Waals surface area contributed by atoms with E-state index in [0.717, 1.165) is 57.8 Å². The molecule has 0 spiro atoms. The van der Waals surface area contributed by atoms with Crippen LogP contribution in [0.2, 0.25) is 0 Å². The van der Waals surface area contributed by atoms with Gasteiger partial charge in [0, 0.05) is 57.4 Å². The van der Waals surface area contributed by atoms with Gasteiger partial charge in [-0.05, 0) is 38.2 Å². The fourth-order valence-corrected chi connectivity index (χ4v) is 3.89. The molecule has 5 heteroatoms. The van der Waals surface area contributed by atoms with E-state index in [1.54, 1.807) is 6.07 Å². The van der Waals surface area contributed by atoms with Crippen molar-refractivity contribution in [2.45, 2.75) is 38.6 Å². The lowest BCUT2D eigenvalue weighted by Crippen LogP contribution is -2.49. The molecular formula is C20H29FN2O2. The third kappa shape index (κ3) is 4.79. The monoisotopic (exact) mass is 348 g/mol. The van der Waals surface area contributed by atoms with Gasteiger partial charge in [-0.15, -0.1) is 0 Å². The molecule has 2 aliphatic rings. The predicted octanol–water partition coefficient (Wildman–Crippen LogP) is 3.24. The van der Waals surface area contributed by atoms with Crippen molar-refractivity contribution in [1.29, 1.82) is 0 Å². The topological polar surface area (TPSA) is 32.8 Å². The smallest absolute Gasteiger partial charge is 0.222 e. The Bertz CT molecular complexity index is 567. The van der Waals surface area contributed by atoms with Crippen molar-refractivity contribution >= 4 is 5.91 Å². The standard InChI is InChI=1S/C20H29FN2O2/c1-16(18-6-2-3-7-19(18)21)22-10-12-23(13-11-22)20(24)9-8-17-5-4-14-25-15-17/h2-3,6-7,16-17H,4-5,8-15H2,1H3. The molecule has 138 valence electrons. The van der Waals surface area contributed by atoms with Crippen LogP contribution in [0.5, 0.6) is 0 Å². The average molecular weight is 348 g/mol. The lowest BCUT2D eigenvalue weighted by molar-refractivity contribution is -0.133. The Balaban J connectivity index is 1.44. The highest BCUT2D eigenvalue weighted by Crippen LogP contribution is 2.24. The zero-order valence-corrected chi connectivity index (χ0v) is 15.1. The molecule has 2 saturated heterocycles. The van der Waals surface area contributed by atoms with E-state index in [-0.39, 0.29) is 17.8 Å². The van der Waals surface area contributed by atoms with Crippen LogP contribution in [0.3, 0.4) is 0 Å². The van der Waals surface area contributed by atoms with E-state index in [0.29, 0.717) is 12.3 Å². The molecule has 1 aromatic rings. The zero-order chi connectivity index (χ0) is 17.6. The summed E-state index contributed by atoms with van der Waals surface area (Å²) in [6, 6.07) is 7.01. The van der Waals surface area contributed by atoms with Gasteiger partial charge in [0.05, 0.1) is 0 Å². The normalized spacial score (nSPS) is 23.4. The number of halogens is 1. The first kappa shape index (κ1) is 18.3. The summed E-state index contributed by atoms with van der Waals surface area (Å²) in [4.78, 5) is 16.7. The van der Waals surface area contributed by atoms with E-state index in [2.05, 4.69) is 4.90 Å². The Hall–Kier alpha value is -1.46. The number of carbonyl (C=O) groups is 1. The number of rotatable bonds is 5. The number of hydrogen-bond donors (Lipinski definition) is 0. The highest BCUT2D eigenvalue weighted by molar-refractivity contribution is 5.76. The summed E-state index contributed by atoms with van der Waals surface area (Å²) in [5.74, 6) is 0.645. The molecule has 0 saturated carbocycles. The lowest BCUT2D eigenvalue weighted by atomic mass is 9.96. The third-order valence-corrected chi connectivity index (χ3v) is 5.59. The molecule has 2 heterocycles. The molecule has 1 amide bonds. The quantitative estimate of drug-likeness (QED) is 0.819. The van der Waals surface area contributed by atoms with Crippen LogP contribution in [0.15, 0.2) is 24.3 Å². The number of hydrogen-bond acceptors (Lipinski definition) is 3. The summed E-state index contributed by atoms with van der Waals surface area (Å²) in [6.45, 7) is 6.78. The van der Waals surface area contributed by atoms with Gasteiger partial charge >= 0.3 is 0 Å². The predicted molar refractivity (Wildman–Crippen MR) is 95.7 cm³/mol. The number of nitrogens with zero attached hydrogens (tertiary/aromatic N) is 2. The fourth-order valence-electron chi connectivity index (χ4n) is 3.89. The van der Waals surface area contributed by atoms with Crippen LogP contribution < -0.4 is 0 Å². The molecule has 0 N–H and O–H groups in total. The molecule has 1 aromatic carbocycles. The van der Waals surface area contributed by atoms with Gasteiger partial charge in [-0.1, -0.05) is 18.2 Å². The highest BCUT2D eigenvalue weighted by atomic mass is 19.1. The van der Waals surface area contributed by atoms with Gasteiger partial charge < -0.3 is 9.64 Å². The summed E-state index contributed by atoms with van der Waals surface area (Å²) in [6.07, 6.45) is 3.86. The first-order valence-corrected chi connectivity index (χ1v) is 9.49. The number of carbonyl (C=O) groups excluding carboxylic acids is 1. The molecular weight excluding hydrogens is 319 g/mol. The summed E-state index contributed by atoms with van der Waals surface area (Å²) in [5, 5.41) is 0. The van der Waals surface area contributed by atoms with Gasteiger partial charge in [0.15, 0.2) is 0 Å². The van der Waals surface area contributed by atoms with Gasteiger partial charge in [0.1, 0.15) is 5.82 Å². The van der Waals surface area contributed by atoms with E-state index >= 15 is 0 Å². The van der Waals surface area contributed by atoms with Crippen molar-refractivity contribution in [1.82, 2.24) is 9.80 Å². The van der Waals surface area contributed by atoms with Crippen LogP contribution in [0.1, 0.15) is 44.2 Å². The average Bonchev–Trinajstić information content (AvgIpc) is 2.67. The largest absolute Gasteiger partial charge is 0.381 e. The Morgan fingerprint density at radius 3 is 2.72 bits per heavy atom. The Morgan fingerprint density at radius 2 is 2.04 bits per heavy atom. The van der Waals surface area contributed by atoms with Crippen LogP contribution in [-0.4, -0.2) is 55.1 Å². The highest BCUT2D eigenvalue weighted by Gasteiger charge is 2.26. The summed E-state index contributed by atoms with van der Waals surface area (Å²) in [7, 11) is 0. The van der Waals surface area contributed by atoms with Gasteiger partial charge in [-0.3, -0.25) is 9.69 Å². The summed E-state index contributed by atoms with van der Waals surface area (Å²) < 4.78 is 19.5. The van der Waals surface area contributed by atoms with Crippen molar-refractivity contribution in [2.24, 2.45) is 5.92 Å². The van der Waals surface area contributed by atoms with E-state index < -0.39 is 0 Å². The Morgan fingerprint density at radius 1 is 1.28 bits per heavy atom. The van der Waals surface area contributed by atoms with Crippen molar-refractivity contribution in [2.75, 3.05) is 39.4 Å². The molecule has 2 aliphatic heterocycles. The second kappa shape index (κ2) is 8.77. The molecule has 0 aromatic heterocycles. The second-order valence-electron chi connectivity index (χ2n) is 7.24. The molecule has 25 heavy (non-hydrogen) atoms. The van der Waals surface area contributed by atoms with E-state index in [4.69, 9.17) is 4.74 Å². The van der Waals surface area contributed by atoms with E-state index in [1.807, 2.05) is 24.0 Å². The van der Waals surface area contributed by atoms with Crippen molar-refractivity contribution in [3.05, 3.63) is 35.6 Å². The SMILES string of the molecule is CC(c1ccccc1F)N1CCN(C(=O)CCC2CCCOC2)CC1. The van der Waals surface area contributed by atoms with Crippen molar-refractivity contribution in [3.63, 3.8) is 0 Å². The lowest BCUT2D eigenvalue weighted by Gasteiger charge is -2.38. The number of amides is 1. The second-order valence-corrected chi connectivity index (χ2v) is 7.24. The molecule has 2 fully saturated rings. The van der Waals surface area contributed by atoms with Crippen molar-refractivity contribution in [3.8, 4) is 0 Å². The van der Waals surface area contributed by atoms with Crippen LogP contribution >= 0.6 is 0 Å². The molecule has 4 nitrogen and oxygen atoms in total. The Labute approximate surface area is 149 Å². The maximum Gasteiger partial charge on any atom is 0.222 e. The first-order valence-electron chi connectivity index (χ1n) is 9.49. The third-order valence-electron chi connectivity index (χ3n) is 5.59. The van der Waals surface area contributed by atoms with Gasteiger partial charge in [-0.25, -0.2) is 4.39 Å². The summed E-state index contributed by atoms with van der Waals surface area (Å²) in [5.41, 5.74) is 0.736. The van der Waals surface area contributed by atoms with Gasteiger partial charge in [0.2, 0.25) is 5.91 Å². The number of benzene rings is 1. The van der Waals surface area contributed by atoms with Crippen molar-refractivity contribution < 1.29 is 13.9 Å². The number of piperazine rings is 1. The van der Waals surface area contributed by atoms with E-state index in [9.17, 15) is 9.18 Å². The molecule has 0 aliphatic carbocycles. The minimum absolute atomic E-state index is 0.0397. The van der Waals surface area contributed by atoms with E-state index in [1.165, 1.54) is 12.5 Å². The summed E-state index contributed by atoms with van der Waals surface area (Å²) >= 11 is 0. The minimum Gasteiger partial charge on any atom is -0.381 e. The van der Waals surface area contributed by atoms with Crippen LogP contribution in [0, 0.1) is 11.7 Å². The molecule has 3 rings (SSSR count). The number of ether oxygens (including phenoxy) is 1. The minimum atomic E-state index is -0.150. The molecule has 0 bridgehead atoms. The Kier molecular flexibility index (Phi) is 6.43. The van der Waals surface area contributed by atoms with Gasteiger partial charge in [0.25, 0.3) is 0 Å².